The molecule has 0 saturated carbocycles. The van der Waals surface area contributed by atoms with Crippen LogP contribution < -0.4 is 9.47 Å². The van der Waals surface area contributed by atoms with E-state index < -0.39 is 35.8 Å². The standard InChI is InChI=1S/C25H20O9S2.CH4O3S/c1-15-7-8-17(12-23(15)35(27,28)29)25(26)18-9-10-21(24(13-18)36(30,31)32)34-22-14-19(33-2)11-16-5-3-4-6-20(16)22;1-5-4-3-2/h3-14H,1-2H3,(H,27,28,29)(H,30,31,32);2H,1H3. The van der Waals surface area contributed by atoms with Crippen molar-refractivity contribution in [3.8, 4) is 17.2 Å². The van der Waals surface area contributed by atoms with Gasteiger partial charge in [-0.05, 0) is 48.2 Å². The highest BCUT2D eigenvalue weighted by Crippen LogP contribution is 2.37. The van der Waals surface area contributed by atoms with E-state index in [4.69, 9.17) is 14.7 Å². The van der Waals surface area contributed by atoms with Crippen LogP contribution in [0, 0.1) is 6.92 Å². The summed E-state index contributed by atoms with van der Waals surface area (Å²) in [7, 11) is -7.96. The fraction of sp³-hybridized carbons (Fsp3) is 0.115. The molecule has 0 aliphatic heterocycles. The van der Waals surface area contributed by atoms with Gasteiger partial charge in [-0.3, -0.25) is 13.9 Å². The first-order valence-corrected chi connectivity index (χ1v) is 15.3. The van der Waals surface area contributed by atoms with Crippen LogP contribution in [0.3, 0.4) is 0 Å². The van der Waals surface area contributed by atoms with Crippen molar-refractivity contribution in [1.29, 1.82) is 0 Å². The largest absolute Gasteiger partial charge is 0.497 e. The third-order valence-electron chi connectivity index (χ3n) is 5.56. The van der Waals surface area contributed by atoms with Crippen molar-refractivity contribution < 1.29 is 54.8 Å². The highest BCUT2D eigenvalue weighted by atomic mass is 32.2. The summed E-state index contributed by atoms with van der Waals surface area (Å²) in [6, 6.07) is 17.6. The lowest BCUT2D eigenvalue weighted by Crippen LogP contribution is -2.08. The highest BCUT2D eigenvalue weighted by molar-refractivity contribution is 7.93. The molecule has 0 aliphatic carbocycles. The number of ether oxygens (including phenoxy) is 2. The predicted molar refractivity (Wildman–Crippen MR) is 150 cm³/mol. The summed E-state index contributed by atoms with van der Waals surface area (Å²) < 4.78 is 81.9. The normalized spacial score (nSPS) is 11.5. The van der Waals surface area contributed by atoms with Gasteiger partial charge in [0.1, 0.15) is 22.1 Å². The van der Waals surface area contributed by atoms with Crippen molar-refractivity contribution in [2.45, 2.75) is 16.7 Å². The Kier molecular flexibility index (Phi) is 10.5. The maximum absolute atomic E-state index is 13.0. The first-order chi connectivity index (χ1) is 19.3. The molecule has 0 heterocycles. The average molecular weight is 625 g/mol. The van der Waals surface area contributed by atoms with Crippen molar-refractivity contribution in [2.75, 3.05) is 13.4 Å². The molecule has 0 atom stereocenters. The van der Waals surface area contributed by atoms with Crippen molar-refractivity contribution >= 4 is 48.8 Å². The van der Waals surface area contributed by atoms with Crippen LogP contribution in [-0.2, 0) is 29.6 Å². The number of ketones is 1. The van der Waals surface area contributed by atoms with E-state index in [0.717, 1.165) is 29.6 Å². The lowest BCUT2D eigenvalue weighted by Gasteiger charge is -2.14. The van der Waals surface area contributed by atoms with Crippen molar-refractivity contribution in [2.24, 2.45) is 0 Å². The lowest BCUT2D eigenvalue weighted by atomic mass is 10.0. The van der Waals surface area contributed by atoms with Crippen LogP contribution >= 0.6 is 12.0 Å². The molecule has 4 aromatic carbocycles. The molecular formula is C26H24O12S3. The number of carbonyl (C=O) groups excluding carboxylic acids is 1. The number of methoxy groups -OCH3 is 1. The van der Waals surface area contributed by atoms with Gasteiger partial charge in [0.05, 0.1) is 12.0 Å². The molecule has 12 nitrogen and oxygen atoms in total. The summed E-state index contributed by atoms with van der Waals surface area (Å²) in [5.41, 5.74) is -0.0421. The Morgan fingerprint density at radius 1 is 0.805 bits per heavy atom. The van der Waals surface area contributed by atoms with Crippen LogP contribution in [0.5, 0.6) is 17.2 Å². The first kappa shape index (κ1) is 32.0. The number of fused-ring (bicyclic) bond motifs is 1. The van der Waals surface area contributed by atoms with Gasteiger partial charge in [-0.2, -0.15) is 16.8 Å². The molecule has 0 bridgehead atoms. The third-order valence-corrected chi connectivity index (χ3v) is 7.63. The van der Waals surface area contributed by atoms with E-state index >= 15 is 0 Å². The molecule has 0 saturated heterocycles. The molecule has 4 aromatic rings. The molecule has 0 fully saturated rings. The number of carbonyl (C=O) groups is 1. The van der Waals surface area contributed by atoms with Crippen LogP contribution in [0.4, 0.5) is 0 Å². The summed E-state index contributed by atoms with van der Waals surface area (Å²) in [5, 5.41) is 11.9. The molecular weight excluding hydrogens is 600 g/mol. The second-order valence-electron chi connectivity index (χ2n) is 8.18. The zero-order chi connectivity index (χ0) is 30.4. The molecule has 0 spiro atoms. The average Bonchev–Trinajstić information content (AvgIpc) is 2.92. The molecule has 0 unspecified atom stereocenters. The van der Waals surface area contributed by atoms with E-state index in [0.29, 0.717) is 11.1 Å². The van der Waals surface area contributed by atoms with Gasteiger partial charge in [0.2, 0.25) is 0 Å². The van der Waals surface area contributed by atoms with E-state index in [9.17, 15) is 30.7 Å². The SMILES string of the molecule is COc1cc(Oc2ccc(C(=O)c3ccc(C)c(S(=O)(=O)O)c3)cc2S(=O)(=O)O)c2ccccc2c1.CSOOO. The van der Waals surface area contributed by atoms with Crippen molar-refractivity contribution in [3.63, 3.8) is 0 Å². The maximum atomic E-state index is 13.0. The van der Waals surface area contributed by atoms with Crippen LogP contribution in [-0.4, -0.2) is 50.3 Å². The molecule has 3 N–H and O–H groups in total. The van der Waals surface area contributed by atoms with Crippen molar-refractivity contribution in [1.82, 2.24) is 0 Å². The Balaban J connectivity index is 0.000000850. The van der Waals surface area contributed by atoms with Gasteiger partial charge in [-0.15, -0.1) is 4.33 Å². The van der Waals surface area contributed by atoms with Crippen LogP contribution in [0.1, 0.15) is 21.5 Å². The summed E-state index contributed by atoms with van der Waals surface area (Å²) in [5.74, 6) is -0.263. The number of rotatable bonds is 9. The molecule has 0 aliphatic rings. The number of aryl methyl sites for hydroxylation is 1. The second-order valence-corrected chi connectivity index (χ2v) is 11.4. The van der Waals surface area contributed by atoms with Gasteiger partial charge < -0.3 is 9.47 Å². The second kappa shape index (κ2) is 13.4. The Morgan fingerprint density at radius 3 is 1.98 bits per heavy atom. The molecule has 15 heteroatoms. The summed E-state index contributed by atoms with van der Waals surface area (Å²) in [6.07, 6.45) is 1.62. The molecule has 0 aromatic heterocycles. The van der Waals surface area contributed by atoms with Crippen molar-refractivity contribution in [3.05, 3.63) is 89.5 Å². The van der Waals surface area contributed by atoms with Gasteiger partial charge in [0, 0.05) is 40.9 Å². The summed E-state index contributed by atoms with van der Waals surface area (Å²) in [6.45, 7) is 1.45. The topological polar surface area (TPSA) is 183 Å². The van der Waals surface area contributed by atoms with E-state index in [-0.39, 0.29) is 28.2 Å². The van der Waals surface area contributed by atoms with Gasteiger partial charge >= 0.3 is 0 Å². The Hall–Kier alpha value is -3.54. The van der Waals surface area contributed by atoms with Crippen LogP contribution in [0.25, 0.3) is 10.8 Å². The zero-order valence-electron chi connectivity index (χ0n) is 21.7. The zero-order valence-corrected chi connectivity index (χ0v) is 24.1. The van der Waals surface area contributed by atoms with E-state index in [2.05, 4.69) is 9.37 Å². The van der Waals surface area contributed by atoms with Gasteiger partial charge in [0.15, 0.2) is 5.78 Å². The molecule has 0 amide bonds. The molecule has 0 radical (unpaired) electrons. The minimum absolute atomic E-state index is 0.109. The first-order valence-electron chi connectivity index (χ1n) is 11.3. The summed E-state index contributed by atoms with van der Waals surface area (Å²) in [4.78, 5) is 11.9. The minimum atomic E-state index is -4.84. The Morgan fingerprint density at radius 2 is 1.41 bits per heavy atom. The maximum Gasteiger partial charge on any atom is 0.298 e. The minimum Gasteiger partial charge on any atom is -0.497 e. The molecule has 41 heavy (non-hydrogen) atoms. The predicted octanol–water partition coefficient (Wildman–Crippen LogP) is 5.36. The monoisotopic (exact) mass is 624 g/mol. The van der Waals surface area contributed by atoms with Crippen LogP contribution in [0.15, 0.2) is 82.6 Å². The van der Waals surface area contributed by atoms with E-state index in [1.165, 1.54) is 38.3 Å². The Labute approximate surface area is 240 Å². The smallest absolute Gasteiger partial charge is 0.298 e. The molecule has 218 valence electrons. The van der Waals surface area contributed by atoms with E-state index in [1.54, 1.807) is 30.5 Å². The number of hydrogen-bond acceptors (Lipinski definition) is 11. The van der Waals surface area contributed by atoms with E-state index in [1.807, 2.05) is 12.1 Å². The number of hydrogen-bond donors (Lipinski definition) is 3. The third kappa shape index (κ3) is 8.02. The van der Waals surface area contributed by atoms with Gasteiger partial charge in [-0.25, -0.2) is 5.26 Å². The number of benzene rings is 4. The van der Waals surface area contributed by atoms with Crippen LogP contribution in [0.2, 0.25) is 0 Å². The summed E-state index contributed by atoms with van der Waals surface area (Å²) >= 11 is 0.929. The highest BCUT2D eigenvalue weighted by Gasteiger charge is 2.23. The van der Waals surface area contributed by atoms with Gasteiger partial charge in [-0.1, -0.05) is 41.4 Å². The molecule has 4 rings (SSSR count). The Bertz CT molecular complexity index is 1780. The fourth-order valence-corrected chi connectivity index (χ4v) is 5.17. The quantitative estimate of drug-likeness (QED) is 0.0712. The van der Waals surface area contributed by atoms with Gasteiger partial charge in [0.25, 0.3) is 20.2 Å². The lowest BCUT2D eigenvalue weighted by molar-refractivity contribution is -0.432. The fourth-order valence-electron chi connectivity index (χ4n) is 3.72.